The van der Waals surface area contributed by atoms with Gasteiger partial charge in [0.1, 0.15) is 5.75 Å². The van der Waals surface area contributed by atoms with Gasteiger partial charge in [-0.25, -0.2) is 4.79 Å². The van der Waals surface area contributed by atoms with Crippen LogP contribution in [0.5, 0.6) is 5.75 Å². The number of ether oxygens (including phenoxy) is 1. The minimum absolute atomic E-state index is 0.146. The van der Waals surface area contributed by atoms with E-state index < -0.39 is 6.03 Å². The van der Waals surface area contributed by atoms with Gasteiger partial charge < -0.3 is 20.7 Å². The predicted molar refractivity (Wildman–Crippen MR) is 90.2 cm³/mol. The molecule has 0 saturated carbocycles. The van der Waals surface area contributed by atoms with Gasteiger partial charge in [-0.15, -0.1) is 0 Å². The van der Waals surface area contributed by atoms with Crippen molar-refractivity contribution in [2.24, 2.45) is 5.73 Å². The average Bonchev–Trinajstić information content (AvgIpc) is 2.55. The molecule has 0 aliphatic heterocycles. The normalized spacial score (nSPS) is 10.1. The first kappa shape index (κ1) is 18.8. The zero-order chi connectivity index (χ0) is 16.9. The highest BCUT2D eigenvalue weighted by molar-refractivity contribution is 5.75. The molecule has 3 amide bonds. The summed E-state index contributed by atoms with van der Waals surface area (Å²) in [5.74, 6) is 0.999. The molecule has 128 valence electrons. The molecule has 1 rings (SSSR count). The summed E-state index contributed by atoms with van der Waals surface area (Å²) in [6.07, 6.45) is 3.90. The van der Waals surface area contributed by atoms with Crippen molar-refractivity contribution < 1.29 is 14.3 Å². The number of carbonyl (C=O) groups is 2. The number of benzene rings is 1. The van der Waals surface area contributed by atoms with Crippen LogP contribution in [-0.2, 0) is 4.79 Å². The Hall–Kier alpha value is -2.24. The smallest absolute Gasteiger partial charge is 0.312 e. The summed E-state index contributed by atoms with van der Waals surface area (Å²) in [5.41, 5.74) is 4.97. The summed E-state index contributed by atoms with van der Waals surface area (Å²) in [7, 11) is 1.82. The molecule has 0 saturated heterocycles. The molecular weight excluding hydrogens is 294 g/mol. The average molecular weight is 321 g/mol. The molecule has 0 radical (unpaired) electrons. The lowest BCUT2D eigenvalue weighted by Gasteiger charge is -2.17. The van der Waals surface area contributed by atoms with Gasteiger partial charge in [-0.2, -0.15) is 0 Å². The Balaban J connectivity index is 2.02. The zero-order valence-electron chi connectivity index (χ0n) is 13.8. The van der Waals surface area contributed by atoms with Crippen molar-refractivity contribution in [3.63, 3.8) is 0 Å². The number of nitrogens with one attached hydrogen (secondary N) is 1. The Bertz CT molecular complexity index is 465. The van der Waals surface area contributed by atoms with Gasteiger partial charge in [0.15, 0.2) is 0 Å². The molecular formula is C17H27N3O3. The van der Waals surface area contributed by atoms with E-state index in [1.165, 1.54) is 0 Å². The van der Waals surface area contributed by atoms with Gasteiger partial charge in [0, 0.05) is 26.6 Å². The van der Waals surface area contributed by atoms with Crippen LogP contribution in [0.2, 0.25) is 0 Å². The number of rotatable bonds is 11. The highest BCUT2D eigenvalue weighted by atomic mass is 16.5. The van der Waals surface area contributed by atoms with Crippen LogP contribution in [0.15, 0.2) is 30.3 Å². The molecule has 6 nitrogen and oxygen atoms in total. The van der Waals surface area contributed by atoms with E-state index in [-0.39, 0.29) is 5.91 Å². The van der Waals surface area contributed by atoms with Gasteiger partial charge in [-0.3, -0.25) is 4.79 Å². The van der Waals surface area contributed by atoms with Crippen molar-refractivity contribution in [2.45, 2.75) is 32.1 Å². The number of carbonyl (C=O) groups excluding carboxylic acids is 2. The topological polar surface area (TPSA) is 84.7 Å². The molecule has 6 heteroatoms. The van der Waals surface area contributed by atoms with Crippen molar-refractivity contribution in [3.05, 3.63) is 30.3 Å². The lowest BCUT2D eigenvalue weighted by molar-refractivity contribution is -0.130. The van der Waals surface area contributed by atoms with E-state index >= 15 is 0 Å². The minimum atomic E-state index is -0.501. The number of primary amides is 1. The fraction of sp³-hybridized carbons (Fsp3) is 0.529. The van der Waals surface area contributed by atoms with Gasteiger partial charge in [0.25, 0.3) is 0 Å². The van der Waals surface area contributed by atoms with Crippen LogP contribution in [0.25, 0.3) is 0 Å². The largest absolute Gasteiger partial charge is 0.494 e. The third-order valence-electron chi connectivity index (χ3n) is 3.44. The van der Waals surface area contributed by atoms with E-state index in [0.29, 0.717) is 26.1 Å². The maximum absolute atomic E-state index is 11.9. The van der Waals surface area contributed by atoms with Crippen molar-refractivity contribution >= 4 is 11.9 Å². The second-order valence-electron chi connectivity index (χ2n) is 5.43. The maximum Gasteiger partial charge on any atom is 0.312 e. The highest BCUT2D eigenvalue weighted by Gasteiger charge is 2.07. The number of amides is 3. The zero-order valence-corrected chi connectivity index (χ0v) is 13.8. The molecule has 1 aromatic rings. The van der Waals surface area contributed by atoms with Gasteiger partial charge >= 0.3 is 6.03 Å². The molecule has 0 aromatic heterocycles. The lowest BCUT2D eigenvalue weighted by Crippen LogP contribution is -2.30. The SMILES string of the molecule is CN(CCCOc1ccccc1)C(=O)CCCCCNC(N)=O. The van der Waals surface area contributed by atoms with Crippen molar-refractivity contribution in [1.29, 1.82) is 0 Å². The van der Waals surface area contributed by atoms with Crippen LogP contribution < -0.4 is 15.8 Å². The first-order chi connectivity index (χ1) is 11.1. The Morgan fingerprint density at radius 2 is 1.87 bits per heavy atom. The standard InChI is InChI=1S/C17H27N3O3/c1-20(13-8-14-23-15-9-4-2-5-10-15)16(21)11-6-3-7-12-19-17(18)22/h2,4-5,9-10H,3,6-8,11-14H2,1H3,(H3,18,19,22). The number of nitrogens with two attached hydrogens (primary N) is 1. The predicted octanol–water partition coefficient (Wildman–Crippen LogP) is 2.14. The summed E-state index contributed by atoms with van der Waals surface area (Å²) >= 11 is 0. The van der Waals surface area contributed by atoms with Crippen molar-refractivity contribution in [2.75, 3.05) is 26.7 Å². The minimum Gasteiger partial charge on any atom is -0.494 e. The number of urea groups is 1. The number of hydrogen-bond donors (Lipinski definition) is 2. The summed E-state index contributed by atoms with van der Waals surface area (Å²) in [5, 5.41) is 2.53. The summed E-state index contributed by atoms with van der Waals surface area (Å²) in [6.45, 7) is 1.85. The van der Waals surface area contributed by atoms with Gasteiger partial charge in [-0.1, -0.05) is 24.6 Å². The quantitative estimate of drug-likeness (QED) is 0.612. The lowest BCUT2D eigenvalue weighted by atomic mass is 10.2. The van der Waals surface area contributed by atoms with Gasteiger partial charge in [0.05, 0.1) is 6.61 Å². The second kappa shape index (κ2) is 11.3. The Morgan fingerprint density at radius 1 is 1.13 bits per heavy atom. The summed E-state index contributed by atoms with van der Waals surface area (Å²) in [6, 6.07) is 9.15. The molecule has 0 bridgehead atoms. The molecule has 0 aliphatic rings. The van der Waals surface area contributed by atoms with E-state index in [0.717, 1.165) is 31.4 Å². The van der Waals surface area contributed by atoms with E-state index in [1.807, 2.05) is 37.4 Å². The molecule has 0 spiro atoms. The van der Waals surface area contributed by atoms with Gasteiger partial charge in [0.2, 0.25) is 5.91 Å². The second-order valence-corrected chi connectivity index (χ2v) is 5.43. The molecule has 23 heavy (non-hydrogen) atoms. The molecule has 0 fully saturated rings. The van der Waals surface area contributed by atoms with E-state index in [2.05, 4.69) is 5.32 Å². The van der Waals surface area contributed by atoms with Crippen molar-refractivity contribution in [1.82, 2.24) is 10.2 Å². The van der Waals surface area contributed by atoms with Gasteiger partial charge in [-0.05, 0) is 31.4 Å². The number of unbranched alkanes of at least 4 members (excludes halogenated alkanes) is 2. The third kappa shape index (κ3) is 9.39. The van der Waals surface area contributed by atoms with E-state index in [1.54, 1.807) is 4.90 Å². The van der Waals surface area contributed by atoms with Crippen LogP contribution >= 0.6 is 0 Å². The first-order valence-electron chi connectivity index (χ1n) is 8.04. The number of nitrogens with zero attached hydrogens (tertiary/aromatic N) is 1. The highest BCUT2D eigenvalue weighted by Crippen LogP contribution is 2.08. The maximum atomic E-state index is 11.9. The molecule has 3 N–H and O–H groups in total. The van der Waals surface area contributed by atoms with E-state index in [4.69, 9.17) is 10.5 Å². The Kier molecular flexibility index (Phi) is 9.28. The monoisotopic (exact) mass is 321 g/mol. The third-order valence-corrected chi connectivity index (χ3v) is 3.44. The number of para-hydroxylation sites is 1. The fourth-order valence-corrected chi connectivity index (χ4v) is 2.11. The molecule has 0 aliphatic carbocycles. The Labute approximate surface area is 138 Å². The Morgan fingerprint density at radius 3 is 2.57 bits per heavy atom. The summed E-state index contributed by atoms with van der Waals surface area (Å²) in [4.78, 5) is 24.2. The van der Waals surface area contributed by atoms with Crippen molar-refractivity contribution in [3.8, 4) is 5.75 Å². The van der Waals surface area contributed by atoms with Crippen LogP contribution in [-0.4, -0.2) is 43.6 Å². The molecule has 1 aromatic carbocycles. The van der Waals surface area contributed by atoms with Crippen LogP contribution in [0.3, 0.4) is 0 Å². The molecule has 0 atom stereocenters. The van der Waals surface area contributed by atoms with Crippen LogP contribution in [0.1, 0.15) is 32.1 Å². The number of hydrogen-bond acceptors (Lipinski definition) is 3. The molecule has 0 unspecified atom stereocenters. The summed E-state index contributed by atoms with van der Waals surface area (Å²) < 4.78 is 5.60. The first-order valence-corrected chi connectivity index (χ1v) is 8.04. The van der Waals surface area contributed by atoms with Crippen LogP contribution in [0, 0.1) is 0 Å². The fourth-order valence-electron chi connectivity index (χ4n) is 2.11. The van der Waals surface area contributed by atoms with E-state index in [9.17, 15) is 9.59 Å². The molecule has 0 heterocycles. The van der Waals surface area contributed by atoms with Crippen LogP contribution in [0.4, 0.5) is 4.79 Å².